The number of nitrogens with zero attached hydrogens (tertiary/aromatic N) is 3. The SMILES string of the molecule is O=C(CCC1CCCC1)N1CCC(c2noc(COc3ccc(F)cc3)n2)C1. The predicted octanol–water partition coefficient (Wildman–Crippen LogP) is 4.07. The van der Waals surface area contributed by atoms with Crippen molar-refractivity contribution in [3.8, 4) is 5.75 Å². The van der Waals surface area contributed by atoms with Crippen LogP contribution in [-0.2, 0) is 11.4 Å². The summed E-state index contributed by atoms with van der Waals surface area (Å²) >= 11 is 0. The molecule has 7 heteroatoms. The third-order valence-corrected chi connectivity index (χ3v) is 5.81. The Balaban J connectivity index is 1.24. The summed E-state index contributed by atoms with van der Waals surface area (Å²) in [6.07, 6.45) is 7.72. The van der Waals surface area contributed by atoms with Crippen molar-refractivity contribution in [2.75, 3.05) is 13.1 Å². The summed E-state index contributed by atoms with van der Waals surface area (Å²) in [5, 5.41) is 4.06. The molecule has 2 aromatic rings. The molecule has 1 aliphatic heterocycles. The maximum Gasteiger partial charge on any atom is 0.264 e. The van der Waals surface area contributed by atoms with Gasteiger partial charge in [-0.25, -0.2) is 4.39 Å². The molecule has 1 aromatic carbocycles. The summed E-state index contributed by atoms with van der Waals surface area (Å²) in [6.45, 7) is 1.54. The van der Waals surface area contributed by atoms with Crippen LogP contribution in [0.4, 0.5) is 4.39 Å². The summed E-state index contributed by atoms with van der Waals surface area (Å²) in [6, 6.07) is 5.79. The standard InChI is InChI=1S/C21H26FN3O3/c22-17-6-8-18(9-7-17)27-14-19-23-21(24-28-19)16-11-12-25(13-16)20(26)10-5-15-3-1-2-4-15/h6-9,15-16H,1-5,10-14H2. The predicted molar refractivity (Wildman–Crippen MR) is 100 cm³/mol. The molecule has 2 heterocycles. The molecule has 0 bridgehead atoms. The van der Waals surface area contributed by atoms with Crippen LogP contribution in [0.3, 0.4) is 0 Å². The van der Waals surface area contributed by atoms with Gasteiger partial charge in [0.1, 0.15) is 11.6 Å². The summed E-state index contributed by atoms with van der Waals surface area (Å²) in [5.41, 5.74) is 0. The van der Waals surface area contributed by atoms with Gasteiger partial charge < -0.3 is 14.2 Å². The Morgan fingerprint density at radius 3 is 2.79 bits per heavy atom. The number of halogens is 1. The second-order valence-electron chi connectivity index (χ2n) is 7.80. The molecule has 1 atom stereocenters. The van der Waals surface area contributed by atoms with Crippen LogP contribution >= 0.6 is 0 Å². The number of likely N-dealkylation sites (tertiary alicyclic amines) is 1. The number of amides is 1. The van der Waals surface area contributed by atoms with E-state index in [9.17, 15) is 9.18 Å². The number of hydrogen-bond acceptors (Lipinski definition) is 5. The molecule has 4 rings (SSSR count). The molecule has 2 aliphatic rings. The van der Waals surface area contributed by atoms with Crippen molar-refractivity contribution in [1.82, 2.24) is 15.0 Å². The van der Waals surface area contributed by atoms with Gasteiger partial charge in [-0.15, -0.1) is 0 Å². The monoisotopic (exact) mass is 387 g/mol. The van der Waals surface area contributed by atoms with Crippen molar-refractivity contribution in [2.24, 2.45) is 5.92 Å². The molecule has 1 aromatic heterocycles. The number of aromatic nitrogens is 2. The zero-order valence-electron chi connectivity index (χ0n) is 16.0. The minimum atomic E-state index is -0.309. The van der Waals surface area contributed by atoms with Crippen molar-refractivity contribution < 1.29 is 18.4 Å². The quantitative estimate of drug-likeness (QED) is 0.716. The highest BCUT2D eigenvalue weighted by Gasteiger charge is 2.30. The lowest BCUT2D eigenvalue weighted by Crippen LogP contribution is -2.28. The number of rotatable bonds is 7. The Hall–Kier alpha value is -2.44. The van der Waals surface area contributed by atoms with Gasteiger partial charge in [0.05, 0.1) is 0 Å². The lowest BCUT2D eigenvalue weighted by molar-refractivity contribution is -0.130. The smallest absolute Gasteiger partial charge is 0.264 e. The number of carbonyl (C=O) groups excluding carboxylic acids is 1. The fourth-order valence-electron chi connectivity index (χ4n) is 4.15. The molecule has 1 saturated carbocycles. The maximum atomic E-state index is 12.9. The molecule has 0 radical (unpaired) electrons. The Kier molecular flexibility index (Phi) is 5.88. The third-order valence-electron chi connectivity index (χ3n) is 5.81. The van der Waals surface area contributed by atoms with E-state index in [1.807, 2.05) is 4.90 Å². The highest BCUT2D eigenvalue weighted by molar-refractivity contribution is 5.76. The van der Waals surface area contributed by atoms with Crippen LogP contribution in [0.1, 0.15) is 62.6 Å². The second-order valence-corrected chi connectivity index (χ2v) is 7.80. The van der Waals surface area contributed by atoms with Gasteiger partial charge >= 0.3 is 0 Å². The van der Waals surface area contributed by atoms with E-state index in [1.54, 1.807) is 12.1 Å². The average molecular weight is 387 g/mol. The zero-order chi connectivity index (χ0) is 19.3. The van der Waals surface area contributed by atoms with Gasteiger partial charge in [-0.1, -0.05) is 30.8 Å². The fourth-order valence-corrected chi connectivity index (χ4v) is 4.15. The summed E-state index contributed by atoms with van der Waals surface area (Å²) in [5.74, 6) is 2.34. The van der Waals surface area contributed by atoms with Crippen LogP contribution in [0, 0.1) is 11.7 Å². The number of hydrogen-bond donors (Lipinski definition) is 0. The lowest BCUT2D eigenvalue weighted by Gasteiger charge is -2.17. The second kappa shape index (κ2) is 8.71. The van der Waals surface area contributed by atoms with E-state index in [4.69, 9.17) is 9.26 Å². The molecule has 2 fully saturated rings. The van der Waals surface area contributed by atoms with Crippen LogP contribution in [0.25, 0.3) is 0 Å². The van der Waals surface area contributed by atoms with E-state index in [0.717, 1.165) is 25.3 Å². The molecular weight excluding hydrogens is 361 g/mol. The summed E-state index contributed by atoms with van der Waals surface area (Å²) in [4.78, 5) is 18.8. The van der Waals surface area contributed by atoms with Gasteiger partial charge in [0, 0.05) is 25.4 Å². The molecule has 1 aliphatic carbocycles. The molecule has 28 heavy (non-hydrogen) atoms. The summed E-state index contributed by atoms with van der Waals surface area (Å²) in [7, 11) is 0. The van der Waals surface area contributed by atoms with Crippen LogP contribution in [-0.4, -0.2) is 34.0 Å². The van der Waals surface area contributed by atoms with Crippen LogP contribution < -0.4 is 4.74 Å². The van der Waals surface area contributed by atoms with Crippen molar-refractivity contribution >= 4 is 5.91 Å². The Morgan fingerprint density at radius 2 is 2.00 bits per heavy atom. The average Bonchev–Trinajstić information content (AvgIpc) is 3.47. The van der Waals surface area contributed by atoms with Crippen molar-refractivity contribution in [1.29, 1.82) is 0 Å². The maximum absolute atomic E-state index is 12.9. The van der Waals surface area contributed by atoms with Crippen molar-refractivity contribution in [3.05, 3.63) is 41.8 Å². The van der Waals surface area contributed by atoms with Gasteiger partial charge in [0.2, 0.25) is 5.91 Å². The van der Waals surface area contributed by atoms with E-state index in [1.165, 1.54) is 37.8 Å². The Morgan fingerprint density at radius 1 is 1.21 bits per heavy atom. The van der Waals surface area contributed by atoms with Gasteiger partial charge in [-0.3, -0.25) is 4.79 Å². The fraction of sp³-hybridized carbons (Fsp3) is 0.571. The first-order chi connectivity index (χ1) is 13.7. The van der Waals surface area contributed by atoms with Crippen LogP contribution in [0.5, 0.6) is 5.75 Å². The first kappa shape index (κ1) is 18.9. The van der Waals surface area contributed by atoms with E-state index in [-0.39, 0.29) is 24.2 Å². The van der Waals surface area contributed by atoms with Gasteiger partial charge in [0.25, 0.3) is 5.89 Å². The molecule has 1 unspecified atom stereocenters. The highest BCUT2D eigenvalue weighted by atomic mass is 19.1. The van der Waals surface area contributed by atoms with E-state index in [2.05, 4.69) is 10.1 Å². The largest absolute Gasteiger partial charge is 0.484 e. The molecule has 1 saturated heterocycles. The van der Waals surface area contributed by atoms with Crippen molar-refractivity contribution in [3.63, 3.8) is 0 Å². The van der Waals surface area contributed by atoms with Gasteiger partial charge in [-0.05, 0) is 43.0 Å². The van der Waals surface area contributed by atoms with E-state index < -0.39 is 0 Å². The molecule has 1 amide bonds. The lowest BCUT2D eigenvalue weighted by atomic mass is 10.0. The minimum absolute atomic E-state index is 0.110. The van der Waals surface area contributed by atoms with Gasteiger partial charge in [0.15, 0.2) is 12.4 Å². The molecule has 150 valence electrons. The summed E-state index contributed by atoms with van der Waals surface area (Å²) < 4.78 is 23.7. The number of ether oxygens (including phenoxy) is 1. The highest BCUT2D eigenvalue weighted by Crippen LogP contribution is 2.30. The first-order valence-electron chi connectivity index (χ1n) is 10.2. The molecular formula is C21H26FN3O3. The zero-order valence-corrected chi connectivity index (χ0v) is 16.0. The van der Waals surface area contributed by atoms with Crippen molar-refractivity contribution in [2.45, 2.75) is 57.5 Å². The normalized spacial score (nSPS) is 20.0. The third kappa shape index (κ3) is 4.69. The Bertz CT molecular complexity index is 786. The van der Waals surface area contributed by atoms with Crippen LogP contribution in [0.15, 0.2) is 28.8 Å². The minimum Gasteiger partial charge on any atom is -0.484 e. The number of carbonyl (C=O) groups is 1. The molecule has 6 nitrogen and oxygen atoms in total. The van der Waals surface area contributed by atoms with Crippen LogP contribution in [0.2, 0.25) is 0 Å². The number of benzene rings is 1. The Labute approximate surface area is 164 Å². The topological polar surface area (TPSA) is 68.5 Å². The van der Waals surface area contributed by atoms with Gasteiger partial charge in [-0.2, -0.15) is 4.98 Å². The van der Waals surface area contributed by atoms with E-state index >= 15 is 0 Å². The first-order valence-corrected chi connectivity index (χ1v) is 10.2. The van der Waals surface area contributed by atoms with E-state index in [0.29, 0.717) is 30.4 Å². The molecule has 0 N–H and O–H groups in total. The molecule has 0 spiro atoms.